The van der Waals surface area contributed by atoms with Crippen LogP contribution in [-0.2, 0) is 0 Å². The Bertz CT molecular complexity index is 512. The molecule has 0 bridgehead atoms. The number of aromatic nitrogens is 1. The van der Waals surface area contributed by atoms with E-state index in [0.717, 1.165) is 13.0 Å². The van der Waals surface area contributed by atoms with Gasteiger partial charge in [0.15, 0.2) is 0 Å². The highest BCUT2D eigenvalue weighted by Crippen LogP contribution is 2.18. The maximum atomic E-state index is 12.3. The van der Waals surface area contributed by atoms with Gasteiger partial charge in [-0.25, -0.2) is 4.98 Å². The molecule has 1 N–H and O–H groups in total. The molecule has 0 spiro atoms. The molecule has 0 saturated carbocycles. The molecule has 1 unspecified atom stereocenters. The average molecular weight is 295 g/mol. The Kier molecular flexibility index (Phi) is 6.26. The van der Waals surface area contributed by atoms with Crippen LogP contribution in [0.3, 0.4) is 0 Å². The molecule has 0 aliphatic heterocycles. The first-order valence-corrected chi connectivity index (χ1v) is 6.92. The highest BCUT2D eigenvalue weighted by atomic mass is 35.5. The van der Waals surface area contributed by atoms with Crippen molar-refractivity contribution in [2.75, 3.05) is 25.5 Å². The van der Waals surface area contributed by atoms with E-state index in [1.807, 2.05) is 6.92 Å². The molecule has 0 aliphatic carbocycles. The van der Waals surface area contributed by atoms with Crippen LogP contribution in [0.5, 0.6) is 0 Å². The third-order valence-corrected chi connectivity index (χ3v) is 3.02. The lowest BCUT2D eigenvalue weighted by atomic mass is 10.2. The number of halogens is 1. The van der Waals surface area contributed by atoms with E-state index in [9.17, 15) is 4.79 Å². The van der Waals surface area contributed by atoms with Crippen molar-refractivity contribution in [2.45, 2.75) is 20.3 Å². The van der Waals surface area contributed by atoms with Crippen LogP contribution in [-0.4, -0.2) is 35.9 Å². The molecule has 0 aliphatic rings. The van der Waals surface area contributed by atoms with E-state index in [0.29, 0.717) is 17.4 Å². The number of nitriles is 1. The molecule has 1 heterocycles. The van der Waals surface area contributed by atoms with Crippen molar-refractivity contribution in [3.05, 3.63) is 22.8 Å². The molecular formula is C14H19ClN4O. The minimum atomic E-state index is -0.280. The number of carbonyl (C=O) groups excluding carboxylic acids is 1. The van der Waals surface area contributed by atoms with Gasteiger partial charge in [-0.3, -0.25) is 4.79 Å². The predicted molar refractivity (Wildman–Crippen MR) is 79.8 cm³/mol. The monoisotopic (exact) mass is 294 g/mol. The lowest BCUT2D eigenvalue weighted by Crippen LogP contribution is -2.31. The van der Waals surface area contributed by atoms with Gasteiger partial charge in [-0.1, -0.05) is 18.5 Å². The van der Waals surface area contributed by atoms with E-state index in [2.05, 4.69) is 16.4 Å². The molecule has 6 heteroatoms. The summed E-state index contributed by atoms with van der Waals surface area (Å²) in [4.78, 5) is 18.0. The summed E-state index contributed by atoms with van der Waals surface area (Å²) in [7, 11) is 1.64. The molecule has 20 heavy (non-hydrogen) atoms. The summed E-state index contributed by atoms with van der Waals surface area (Å²) >= 11 is 6.04. The SMILES string of the molecule is CCCNc1ccc(Cl)c(C(=O)N(C)CC(C)C#N)n1. The Morgan fingerprint density at radius 1 is 1.60 bits per heavy atom. The highest BCUT2D eigenvalue weighted by Gasteiger charge is 2.19. The average Bonchev–Trinajstić information content (AvgIpc) is 2.45. The second-order valence-corrected chi connectivity index (χ2v) is 5.08. The molecule has 1 rings (SSSR count). The van der Waals surface area contributed by atoms with Crippen molar-refractivity contribution in [3.8, 4) is 6.07 Å². The second kappa shape index (κ2) is 7.71. The molecule has 1 aromatic heterocycles. The summed E-state index contributed by atoms with van der Waals surface area (Å²) < 4.78 is 0. The van der Waals surface area contributed by atoms with Gasteiger partial charge in [0.25, 0.3) is 5.91 Å². The Balaban J connectivity index is 2.88. The van der Waals surface area contributed by atoms with Gasteiger partial charge in [0.1, 0.15) is 11.5 Å². The summed E-state index contributed by atoms with van der Waals surface area (Å²) in [6.07, 6.45) is 0.965. The van der Waals surface area contributed by atoms with Gasteiger partial charge in [0.05, 0.1) is 17.0 Å². The van der Waals surface area contributed by atoms with Crippen molar-refractivity contribution in [1.29, 1.82) is 5.26 Å². The molecule has 0 saturated heterocycles. The van der Waals surface area contributed by atoms with Crippen molar-refractivity contribution in [3.63, 3.8) is 0 Å². The summed E-state index contributed by atoms with van der Waals surface area (Å²) in [6, 6.07) is 5.49. The van der Waals surface area contributed by atoms with E-state index in [4.69, 9.17) is 16.9 Å². The molecule has 0 fully saturated rings. The number of anilines is 1. The predicted octanol–water partition coefficient (Wildman–Crippen LogP) is 2.79. The molecule has 0 radical (unpaired) electrons. The summed E-state index contributed by atoms with van der Waals surface area (Å²) in [5.74, 6) is 0.114. The highest BCUT2D eigenvalue weighted by molar-refractivity contribution is 6.33. The zero-order valence-corrected chi connectivity index (χ0v) is 12.7. The standard InChI is InChI=1S/C14H19ClN4O/c1-4-7-17-12-6-5-11(15)13(18-12)14(20)19(3)9-10(2)8-16/h5-6,10H,4,7,9H2,1-3H3,(H,17,18). The van der Waals surface area contributed by atoms with Crippen molar-refractivity contribution >= 4 is 23.3 Å². The first-order valence-electron chi connectivity index (χ1n) is 6.55. The maximum absolute atomic E-state index is 12.3. The van der Waals surface area contributed by atoms with Crippen LogP contribution in [0.25, 0.3) is 0 Å². The van der Waals surface area contributed by atoms with Crippen molar-refractivity contribution in [1.82, 2.24) is 9.88 Å². The topological polar surface area (TPSA) is 69.0 Å². The number of rotatable bonds is 6. The molecule has 0 aromatic carbocycles. The lowest BCUT2D eigenvalue weighted by Gasteiger charge is -2.18. The maximum Gasteiger partial charge on any atom is 0.273 e. The fourth-order valence-corrected chi connectivity index (χ4v) is 1.85. The summed E-state index contributed by atoms with van der Waals surface area (Å²) in [5.41, 5.74) is 0.209. The normalized spacial score (nSPS) is 11.6. The largest absolute Gasteiger partial charge is 0.370 e. The number of amides is 1. The van der Waals surface area contributed by atoms with Crippen LogP contribution in [0.4, 0.5) is 5.82 Å². The van der Waals surface area contributed by atoms with Crippen LogP contribution in [0.1, 0.15) is 30.8 Å². The van der Waals surface area contributed by atoms with E-state index in [-0.39, 0.29) is 17.5 Å². The van der Waals surface area contributed by atoms with E-state index >= 15 is 0 Å². The third-order valence-electron chi connectivity index (χ3n) is 2.72. The molecule has 1 aromatic rings. The van der Waals surface area contributed by atoms with Crippen LogP contribution >= 0.6 is 11.6 Å². The Morgan fingerprint density at radius 3 is 2.90 bits per heavy atom. The quantitative estimate of drug-likeness (QED) is 0.876. The summed E-state index contributed by atoms with van der Waals surface area (Å²) in [5, 5.41) is 12.2. The van der Waals surface area contributed by atoms with Crippen LogP contribution in [0, 0.1) is 17.2 Å². The second-order valence-electron chi connectivity index (χ2n) is 4.67. The van der Waals surface area contributed by atoms with Gasteiger partial charge in [0, 0.05) is 20.1 Å². The molecule has 1 atom stereocenters. The number of pyridine rings is 1. The van der Waals surface area contributed by atoms with Crippen molar-refractivity contribution in [2.24, 2.45) is 5.92 Å². The van der Waals surface area contributed by atoms with Gasteiger partial charge in [-0.15, -0.1) is 0 Å². The van der Waals surface area contributed by atoms with Crippen molar-refractivity contribution < 1.29 is 4.79 Å². The van der Waals surface area contributed by atoms with Gasteiger partial charge >= 0.3 is 0 Å². The van der Waals surface area contributed by atoms with Gasteiger partial charge < -0.3 is 10.2 Å². The number of carbonyl (C=O) groups is 1. The number of nitrogens with one attached hydrogen (secondary N) is 1. The number of hydrogen-bond donors (Lipinski definition) is 1. The fraction of sp³-hybridized carbons (Fsp3) is 0.500. The molecular weight excluding hydrogens is 276 g/mol. The van der Waals surface area contributed by atoms with Gasteiger partial charge in [0.2, 0.25) is 0 Å². The lowest BCUT2D eigenvalue weighted by molar-refractivity contribution is 0.0779. The minimum Gasteiger partial charge on any atom is -0.370 e. The zero-order chi connectivity index (χ0) is 15.1. The minimum absolute atomic E-state index is 0.209. The first-order chi connectivity index (χ1) is 9.49. The molecule has 1 amide bonds. The van der Waals surface area contributed by atoms with Crippen LogP contribution in [0.15, 0.2) is 12.1 Å². The molecule has 108 valence electrons. The van der Waals surface area contributed by atoms with E-state index in [1.54, 1.807) is 26.1 Å². The Morgan fingerprint density at radius 2 is 2.30 bits per heavy atom. The Labute approximate surface area is 124 Å². The van der Waals surface area contributed by atoms with E-state index < -0.39 is 0 Å². The zero-order valence-electron chi connectivity index (χ0n) is 12.0. The van der Waals surface area contributed by atoms with E-state index in [1.165, 1.54) is 4.90 Å². The third kappa shape index (κ3) is 4.39. The number of nitrogens with zero attached hydrogens (tertiary/aromatic N) is 3. The molecule has 5 nitrogen and oxygen atoms in total. The number of hydrogen-bond acceptors (Lipinski definition) is 4. The summed E-state index contributed by atoms with van der Waals surface area (Å²) in [6.45, 7) is 4.94. The van der Waals surface area contributed by atoms with Crippen LogP contribution in [0.2, 0.25) is 5.02 Å². The van der Waals surface area contributed by atoms with Gasteiger partial charge in [-0.05, 0) is 25.5 Å². The Hall–Kier alpha value is -1.80. The smallest absolute Gasteiger partial charge is 0.273 e. The van der Waals surface area contributed by atoms with Gasteiger partial charge in [-0.2, -0.15) is 5.26 Å². The first kappa shape index (κ1) is 16.3. The van der Waals surface area contributed by atoms with Crippen LogP contribution < -0.4 is 5.32 Å². The fourth-order valence-electron chi connectivity index (χ4n) is 1.66.